The van der Waals surface area contributed by atoms with Gasteiger partial charge in [0.15, 0.2) is 17.3 Å². The predicted octanol–water partition coefficient (Wildman–Crippen LogP) is 2.63. The Hall–Kier alpha value is -3.53. The minimum atomic E-state index is -3.77. The number of nitrogens with one attached hydrogen (secondary N) is 2. The number of rotatable bonds is 7. The van der Waals surface area contributed by atoms with Crippen LogP contribution in [-0.2, 0) is 16.6 Å². The van der Waals surface area contributed by atoms with Gasteiger partial charge in [-0.2, -0.15) is 0 Å². The summed E-state index contributed by atoms with van der Waals surface area (Å²) in [5.41, 5.74) is 0.986. The van der Waals surface area contributed by atoms with Gasteiger partial charge in [0.2, 0.25) is 6.79 Å². The van der Waals surface area contributed by atoms with Gasteiger partial charge in [0.25, 0.3) is 10.0 Å². The van der Waals surface area contributed by atoms with E-state index in [1.165, 1.54) is 25.3 Å². The van der Waals surface area contributed by atoms with Gasteiger partial charge < -0.3 is 19.5 Å². The van der Waals surface area contributed by atoms with Crippen LogP contribution in [-0.4, -0.2) is 32.5 Å². The van der Waals surface area contributed by atoms with E-state index in [1.807, 2.05) is 18.2 Å². The van der Waals surface area contributed by atoms with E-state index < -0.39 is 10.0 Å². The highest BCUT2D eigenvalue weighted by Gasteiger charge is 2.16. The topological polar surface area (TPSA) is 112 Å². The monoisotopic (exact) mass is 414 g/mol. The molecule has 0 unspecified atom stereocenters. The van der Waals surface area contributed by atoms with Gasteiger partial charge >= 0.3 is 0 Å². The molecule has 29 heavy (non-hydrogen) atoms. The van der Waals surface area contributed by atoms with Crippen molar-refractivity contribution in [2.75, 3.05) is 23.9 Å². The van der Waals surface area contributed by atoms with E-state index in [-0.39, 0.29) is 17.5 Å². The second kappa shape index (κ2) is 7.84. The van der Waals surface area contributed by atoms with Crippen molar-refractivity contribution in [3.05, 3.63) is 60.2 Å². The highest BCUT2D eigenvalue weighted by molar-refractivity contribution is 7.92. The fraction of sp³-hybridized carbons (Fsp3) is 0.158. The molecule has 0 fully saturated rings. The summed E-state index contributed by atoms with van der Waals surface area (Å²) in [6.45, 7) is 0.730. The number of fused-ring (bicyclic) bond motifs is 1. The third-order valence-corrected chi connectivity index (χ3v) is 5.55. The number of ether oxygens (including phenoxy) is 3. The van der Waals surface area contributed by atoms with E-state index in [2.05, 4.69) is 20.2 Å². The minimum absolute atomic E-state index is 0.102. The average molecular weight is 414 g/mol. The Morgan fingerprint density at radius 3 is 2.41 bits per heavy atom. The van der Waals surface area contributed by atoms with Gasteiger partial charge in [-0.1, -0.05) is 6.07 Å². The highest BCUT2D eigenvalue weighted by atomic mass is 32.2. The molecule has 0 saturated heterocycles. The molecule has 2 heterocycles. The molecule has 0 aliphatic carbocycles. The van der Waals surface area contributed by atoms with Gasteiger partial charge in [-0.25, -0.2) is 8.42 Å². The number of methoxy groups -OCH3 is 1. The van der Waals surface area contributed by atoms with Crippen molar-refractivity contribution in [2.45, 2.75) is 11.4 Å². The van der Waals surface area contributed by atoms with Gasteiger partial charge in [0.1, 0.15) is 11.6 Å². The van der Waals surface area contributed by atoms with Crippen LogP contribution in [0.25, 0.3) is 0 Å². The summed E-state index contributed by atoms with van der Waals surface area (Å²) < 4.78 is 42.9. The van der Waals surface area contributed by atoms with Crippen LogP contribution in [0.2, 0.25) is 0 Å². The first kappa shape index (κ1) is 18.8. The van der Waals surface area contributed by atoms with Crippen LogP contribution >= 0.6 is 0 Å². The maximum atomic E-state index is 12.4. The summed E-state index contributed by atoms with van der Waals surface area (Å²) in [6, 6.07) is 14.9. The lowest BCUT2D eigenvalue weighted by Gasteiger charge is -2.09. The largest absolute Gasteiger partial charge is 0.497 e. The zero-order chi connectivity index (χ0) is 20.3. The molecule has 0 saturated carbocycles. The molecule has 10 heteroatoms. The van der Waals surface area contributed by atoms with Crippen molar-refractivity contribution in [3.8, 4) is 17.2 Å². The van der Waals surface area contributed by atoms with Crippen molar-refractivity contribution < 1.29 is 22.6 Å². The van der Waals surface area contributed by atoms with Crippen molar-refractivity contribution >= 4 is 21.7 Å². The zero-order valence-corrected chi connectivity index (χ0v) is 16.3. The first-order valence-electron chi connectivity index (χ1n) is 8.66. The van der Waals surface area contributed by atoms with Crippen LogP contribution < -0.4 is 24.2 Å². The molecule has 3 aromatic rings. The summed E-state index contributed by atoms with van der Waals surface area (Å²) in [5, 5.41) is 11.1. The van der Waals surface area contributed by atoms with Gasteiger partial charge in [0.05, 0.1) is 12.0 Å². The number of nitrogens with zero attached hydrogens (tertiary/aromatic N) is 2. The molecule has 9 nitrogen and oxygen atoms in total. The van der Waals surface area contributed by atoms with E-state index in [9.17, 15) is 8.42 Å². The molecule has 150 valence electrons. The van der Waals surface area contributed by atoms with Crippen molar-refractivity contribution in [1.29, 1.82) is 0 Å². The molecule has 0 atom stereocenters. The standard InChI is InChI=1S/C19H18N4O5S/c1-26-14-3-5-15(6-4-14)29(24,25)23-19-9-8-18(21-22-19)20-11-13-2-7-16-17(10-13)28-12-27-16/h2-10H,11-12H2,1H3,(H,20,21)(H,22,23). The fourth-order valence-electron chi connectivity index (χ4n) is 2.68. The normalized spacial score (nSPS) is 12.4. The number of aromatic nitrogens is 2. The Labute approximate surface area is 167 Å². The number of sulfonamides is 1. The van der Waals surface area contributed by atoms with Crippen LogP contribution in [0.15, 0.2) is 59.5 Å². The van der Waals surface area contributed by atoms with E-state index in [0.717, 1.165) is 11.3 Å². The highest BCUT2D eigenvalue weighted by Crippen LogP contribution is 2.32. The predicted molar refractivity (Wildman–Crippen MR) is 106 cm³/mol. The molecular weight excluding hydrogens is 396 g/mol. The summed E-state index contributed by atoms with van der Waals surface area (Å²) in [7, 11) is -2.25. The maximum absolute atomic E-state index is 12.4. The van der Waals surface area contributed by atoms with E-state index >= 15 is 0 Å². The van der Waals surface area contributed by atoms with Crippen LogP contribution in [0.1, 0.15) is 5.56 Å². The molecular formula is C19H18N4O5S. The van der Waals surface area contributed by atoms with Crippen LogP contribution in [0.4, 0.5) is 11.6 Å². The SMILES string of the molecule is COc1ccc(S(=O)(=O)Nc2ccc(NCc3ccc4c(c3)OCO4)nn2)cc1. The quantitative estimate of drug-likeness (QED) is 0.607. The number of hydrogen-bond donors (Lipinski definition) is 2. The smallest absolute Gasteiger partial charge is 0.263 e. The minimum Gasteiger partial charge on any atom is -0.497 e. The Kier molecular flexibility index (Phi) is 5.09. The van der Waals surface area contributed by atoms with Gasteiger partial charge in [-0.15, -0.1) is 10.2 Å². The summed E-state index contributed by atoms with van der Waals surface area (Å²) in [5.74, 6) is 2.63. The van der Waals surface area contributed by atoms with Gasteiger partial charge in [-0.05, 0) is 54.1 Å². The van der Waals surface area contributed by atoms with Crippen LogP contribution in [0.5, 0.6) is 17.2 Å². The second-order valence-electron chi connectivity index (χ2n) is 6.13. The second-order valence-corrected chi connectivity index (χ2v) is 7.81. The summed E-state index contributed by atoms with van der Waals surface area (Å²) >= 11 is 0. The number of anilines is 2. The third kappa shape index (κ3) is 4.32. The van der Waals surface area contributed by atoms with Crippen LogP contribution in [0, 0.1) is 0 Å². The lowest BCUT2D eigenvalue weighted by molar-refractivity contribution is 0.174. The number of hydrogen-bond acceptors (Lipinski definition) is 8. The summed E-state index contributed by atoms with van der Waals surface area (Å²) in [6.07, 6.45) is 0. The molecule has 2 aromatic carbocycles. The van der Waals surface area contributed by atoms with Gasteiger partial charge in [0, 0.05) is 6.54 Å². The maximum Gasteiger partial charge on any atom is 0.263 e. The molecule has 0 amide bonds. The van der Waals surface area contributed by atoms with Crippen molar-refractivity contribution in [3.63, 3.8) is 0 Å². The third-order valence-electron chi connectivity index (χ3n) is 4.18. The molecule has 0 spiro atoms. The Morgan fingerprint density at radius 1 is 0.966 bits per heavy atom. The average Bonchev–Trinajstić information content (AvgIpc) is 3.21. The number of benzene rings is 2. The molecule has 0 bridgehead atoms. The molecule has 2 N–H and O–H groups in total. The Bertz CT molecular complexity index is 1100. The summed E-state index contributed by atoms with van der Waals surface area (Å²) in [4.78, 5) is 0.102. The van der Waals surface area contributed by atoms with E-state index in [1.54, 1.807) is 18.2 Å². The van der Waals surface area contributed by atoms with Crippen molar-refractivity contribution in [2.24, 2.45) is 0 Å². The fourth-order valence-corrected chi connectivity index (χ4v) is 3.67. The Morgan fingerprint density at radius 2 is 1.69 bits per heavy atom. The Balaban J connectivity index is 1.38. The molecule has 4 rings (SSSR count). The lowest BCUT2D eigenvalue weighted by atomic mass is 10.2. The first-order chi connectivity index (χ1) is 14.0. The first-order valence-corrected chi connectivity index (χ1v) is 10.1. The molecule has 1 aliphatic rings. The van der Waals surface area contributed by atoms with E-state index in [0.29, 0.717) is 23.9 Å². The lowest BCUT2D eigenvalue weighted by Crippen LogP contribution is -2.14. The van der Waals surface area contributed by atoms with Crippen LogP contribution in [0.3, 0.4) is 0 Å². The van der Waals surface area contributed by atoms with Gasteiger partial charge in [-0.3, -0.25) is 4.72 Å². The molecule has 0 radical (unpaired) electrons. The van der Waals surface area contributed by atoms with E-state index in [4.69, 9.17) is 14.2 Å². The molecule has 1 aliphatic heterocycles. The molecule has 1 aromatic heterocycles. The zero-order valence-electron chi connectivity index (χ0n) is 15.5. The van der Waals surface area contributed by atoms with Crippen molar-refractivity contribution in [1.82, 2.24) is 10.2 Å².